The van der Waals surface area contributed by atoms with Crippen LogP contribution in [0.15, 0.2) is 0 Å². The third-order valence-electron chi connectivity index (χ3n) is 4.88. The Labute approximate surface area is 109 Å². The molecule has 4 rings (SSSR count). The predicted molar refractivity (Wildman–Crippen MR) is 69.4 cm³/mol. The topological polar surface area (TPSA) is 41.3 Å². The molecule has 2 amide bonds. The van der Waals surface area contributed by atoms with Crippen LogP contribution in [0.3, 0.4) is 0 Å². The van der Waals surface area contributed by atoms with E-state index >= 15 is 0 Å². The highest BCUT2D eigenvalue weighted by Crippen LogP contribution is 2.60. The molecule has 3 aliphatic heterocycles. The fourth-order valence-corrected chi connectivity index (χ4v) is 4.21. The number of nitrogens with one attached hydrogen (secondary N) is 1. The molecular weight excluding hydrogens is 228 g/mol. The maximum Gasteiger partial charge on any atom is 0.318 e. The van der Waals surface area contributed by atoms with E-state index in [4.69, 9.17) is 4.74 Å². The van der Waals surface area contributed by atoms with E-state index in [1.165, 1.54) is 6.42 Å². The molecule has 4 nitrogen and oxygen atoms in total. The lowest BCUT2D eigenvalue weighted by Crippen LogP contribution is -2.58. The summed E-state index contributed by atoms with van der Waals surface area (Å²) >= 11 is 0. The molecule has 0 spiro atoms. The van der Waals surface area contributed by atoms with Crippen molar-refractivity contribution < 1.29 is 9.53 Å². The van der Waals surface area contributed by atoms with E-state index in [-0.39, 0.29) is 23.3 Å². The quantitative estimate of drug-likeness (QED) is 0.726. The maximum atomic E-state index is 12.2. The molecule has 102 valence electrons. The van der Waals surface area contributed by atoms with Gasteiger partial charge in [0.2, 0.25) is 0 Å². The first-order valence-corrected chi connectivity index (χ1v) is 7.05. The Kier molecular flexibility index (Phi) is 2.32. The number of hydrogen-bond acceptors (Lipinski definition) is 2. The second-order valence-electron chi connectivity index (χ2n) is 7.11. The van der Waals surface area contributed by atoms with Gasteiger partial charge in [-0.25, -0.2) is 4.79 Å². The molecule has 1 saturated carbocycles. The summed E-state index contributed by atoms with van der Waals surface area (Å²) in [4.78, 5) is 14.2. The summed E-state index contributed by atoms with van der Waals surface area (Å²) in [6.07, 6.45) is 2.25. The molecule has 3 saturated heterocycles. The third kappa shape index (κ3) is 1.51. The minimum Gasteiger partial charge on any atom is -0.367 e. The zero-order valence-corrected chi connectivity index (χ0v) is 12.0. The molecule has 2 bridgehead atoms. The van der Waals surface area contributed by atoms with Gasteiger partial charge in [-0.05, 0) is 47.5 Å². The van der Waals surface area contributed by atoms with Crippen LogP contribution in [0.4, 0.5) is 4.79 Å². The Morgan fingerprint density at radius 3 is 2.61 bits per heavy atom. The Balaban J connectivity index is 1.82. The fourth-order valence-electron chi connectivity index (χ4n) is 4.21. The van der Waals surface area contributed by atoms with E-state index in [0.717, 1.165) is 6.42 Å². The van der Waals surface area contributed by atoms with Gasteiger partial charge in [-0.2, -0.15) is 0 Å². The fraction of sp³-hybridized carbons (Fsp3) is 0.929. The lowest BCUT2D eigenvalue weighted by Gasteiger charge is -2.51. The van der Waals surface area contributed by atoms with Crippen LogP contribution in [0.1, 0.15) is 47.5 Å². The molecule has 1 aliphatic carbocycles. The van der Waals surface area contributed by atoms with Gasteiger partial charge in [0, 0.05) is 12.0 Å². The number of ether oxygens (including phenoxy) is 1. The standard InChI is InChI=1S/C14H24N2O2/c1-8(2)15-12(17)16-10-9-6-7-14(5,11(10)16)18-13(9,3)4/h8-11H,6-7H2,1-5H3,(H,15,17). The first-order valence-electron chi connectivity index (χ1n) is 7.05. The number of amides is 2. The molecule has 4 atom stereocenters. The van der Waals surface area contributed by atoms with Gasteiger partial charge < -0.3 is 15.0 Å². The first kappa shape index (κ1) is 12.3. The van der Waals surface area contributed by atoms with Gasteiger partial charge in [0.05, 0.1) is 23.3 Å². The average molecular weight is 252 g/mol. The molecular formula is C14H24N2O2. The Morgan fingerprint density at radius 2 is 2.06 bits per heavy atom. The monoisotopic (exact) mass is 252 g/mol. The summed E-state index contributed by atoms with van der Waals surface area (Å²) in [5, 5.41) is 3.01. The molecule has 1 N–H and O–H groups in total. The van der Waals surface area contributed by atoms with Crippen molar-refractivity contribution in [2.24, 2.45) is 5.92 Å². The van der Waals surface area contributed by atoms with Crippen LogP contribution in [0, 0.1) is 5.92 Å². The van der Waals surface area contributed by atoms with Crippen LogP contribution in [0.2, 0.25) is 0 Å². The summed E-state index contributed by atoms with van der Waals surface area (Å²) in [7, 11) is 0. The Hall–Kier alpha value is -0.770. The van der Waals surface area contributed by atoms with Gasteiger partial charge >= 0.3 is 6.03 Å². The van der Waals surface area contributed by atoms with Crippen LogP contribution in [-0.2, 0) is 4.74 Å². The van der Waals surface area contributed by atoms with E-state index in [0.29, 0.717) is 18.0 Å². The number of carbonyl (C=O) groups excluding carboxylic acids is 1. The molecule has 3 heterocycles. The van der Waals surface area contributed by atoms with Crippen molar-refractivity contribution in [1.82, 2.24) is 10.2 Å². The Morgan fingerprint density at radius 1 is 1.39 bits per heavy atom. The third-order valence-corrected chi connectivity index (χ3v) is 4.88. The molecule has 0 aromatic carbocycles. The molecule has 4 aliphatic rings. The van der Waals surface area contributed by atoms with Crippen molar-refractivity contribution in [3.63, 3.8) is 0 Å². The van der Waals surface area contributed by atoms with Gasteiger partial charge in [-0.15, -0.1) is 0 Å². The number of urea groups is 1. The van der Waals surface area contributed by atoms with Crippen molar-refractivity contribution >= 4 is 6.03 Å². The summed E-state index contributed by atoms with van der Waals surface area (Å²) in [6, 6.07) is 0.966. The van der Waals surface area contributed by atoms with Gasteiger partial charge in [0.15, 0.2) is 0 Å². The summed E-state index contributed by atoms with van der Waals surface area (Å²) in [5.74, 6) is 0.488. The van der Waals surface area contributed by atoms with Crippen LogP contribution >= 0.6 is 0 Å². The molecule has 4 heteroatoms. The smallest absolute Gasteiger partial charge is 0.318 e. The van der Waals surface area contributed by atoms with Crippen molar-refractivity contribution in [3.05, 3.63) is 0 Å². The number of hydrogen-bond donors (Lipinski definition) is 1. The highest BCUT2D eigenvalue weighted by Gasteiger charge is 2.72. The number of carbonyl (C=O) groups is 1. The van der Waals surface area contributed by atoms with Crippen molar-refractivity contribution in [1.29, 1.82) is 0 Å². The number of nitrogens with zero attached hydrogens (tertiary/aromatic N) is 1. The second kappa shape index (κ2) is 3.41. The van der Waals surface area contributed by atoms with Gasteiger partial charge in [-0.3, -0.25) is 0 Å². The average Bonchev–Trinajstić information content (AvgIpc) is 2.90. The van der Waals surface area contributed by atoms with E-state index in [2.05, 4.69) is 26.1 Å². The summed E-state index contributed by atoms with van der Waals surface area (Å²) in [5.41, 5.74) is -0.238. The SMILES string of the molecule is CC(C)NC(=O)N1C2C3CCC(C)(OC3(C)C)C21. The van der Waals surface area contributed by atoms with E-state index in [1.54, 1.807) is 0 Å². The highest BCUT2D eigenvalue weighted by molar-refractivity contribution is 5.79. The van der Waals surface area contributed by atoms with Crippen molar-refractivity contribution in [3.8, 4) is 0 Å². The summed E-state index contributed by atoms with van der Waals surface area (Å²) < 4.78 is 6.28. The van der Waals surface area contributed by atoms with E-state index < -0.39 is 0 Å². The first-order chi connectivity index (χ1) is 8.26. The van der Waals surface area contributed by atoms with Gasteiger partial charge in [0.25, 0.3) is 0 Å². The molecule has 0 radical (unpaired) electrons. The maximum absolute atomic E-state index is 12.2. The Bertz CT molecular complexity index is 393. The number of fused-ring (bicyclic) bond motifs is 2. The summed E-state index contributed by atoms with van der Waals surface area (Å²) in [6.45, 7) is 10.5. The lowest BCUT2D eigenvalue weighted by molar-refractivity contribution is -0.214. The highest BCUT2D eigenvalue weighted by atomic mass is 16.5. The van der Waals surface area contributed by atoms with Gasteiger partial charge in [0.1, 0.15) is 0 Å². The van der Waals surface area contributed by atoms with Crippen LogP contribution in [0.25, 0.3) is 0 Å². The molecule has 0 aromatic heterocycles. The number of rotatable bonds is 1. The van der Waals surface area contributed by atoms with Gasteiger partial charge in [-0.1, -0.05) is 0 Å². The minimum atomic E-state index is -0.142. The molecule has 4 unspecified atom stereocenters. The zero-order valence-electron chi connectivity index (χ0n) is 12.0. The zero-order chi connectivity index (χ0) is 13.3. The van der Waals surface area contributed by atoms with Crippen LogP contribution in [0.5, 0.6) is 0 Å². The largest absolute Gasteiger partial charge is 0.367 e. The van der Waals surface area contributed by atoms with E-state index in [9.17, 15) is 4.79 Å². The van der Waals surface area contributed by atoms with Crippen molar-refractivity contribution in [2.75, 3.05) is 0 Å². The molecule has 4 fully saturated rings. The van der Waals surface area contributed by atoms with E-state index in [1.807, 2.05) is 18.7 Å². The lowest BCUT2D eigenvalue weighted by atomic mass is 9.69. The predicted octanol–water partition coefficient (Wildman–Crippen LogP) is 2.13. The van der Waals surface area contributed by atoms with Crippen LogP contribution in [-0.4, -0.2) is 40.3 Å². The van der Waals surface area contributed by atoms with Crippen LogP contribution < -0.4 is 5.32 Å². The minimum absolute atomic E-state index is 0.0828. The normalized spacial score (nSPS) is 43.9. The second-order valence-corrected chi connectivity index (χ2v) is 7.11. The number of likely N-dealkylation sites (tertiary alicyclic amines) is 1. The van der Waals surface area contributed by atoms with Crippen molar-refractivity contribution in [2.45, 2.75) is 76.8 Å². The molecule has 0 aromatic rings. The molecule has 18 heavy (non-hydrogen) atoms.